The van der Waals surface area contributed by atoms with Gasteiger partial charge in [0.1, 0.15) is 0 Å². The largest absolute Gasteiger partial charge is 0.417 e. The van der Waals surface area contributed by atoms with Crippen LogP contribution in [0.5, 0.6) is 0 Å². The van der Waals surface area contributed by atoms with Gasteiger partial charge in [-0.15, -0.1) is 0 Å². The molecule has 2 rings (SSSR count). The van der Waals surface area contributed by atoms with E-state index in [4.69, 9.17) is 0 Å². The van der Waals surface area contributed by atoms with Crippen molar-refractivity contribution >= 4 is 10.9 Å². The zero-order valence-corrected chi connectivity index (χ0v) is 11.8. The second-order valence-electron chi connectivity index (χ2n) is 6.11. The molecule has 0 fully saturated rings. The highest BCUT2D eigenvalue weighted by atomic mass is 19.4. The molecule has 0 saturated heterocycles. The van der Waals surface area contributed by atoms with Crippen molar-refractivity contribution in [2.45, 2.75) is 33.5 Å². The fourth-order valence-corrected chi connectivity index (χ4v) is 2.15. The molecule has 7 heteroatoms. The number of nitrogens with zero attached hydrogens (tertiary/aromatic N) is 1. The van der Waals surface area contributed by atoms with Crippen molar-refractivity contribution in [1.29, 1.82) is 0 Å². The Morgan fingerprint density at radius 3 is 2.29 bits per heavy atom. The lowest BCUT2D eigenvalue weighted by Gasteiger charge is -2.19. The van der Waals surface area contributed by atoms with E-state index in [1.54, 1.807) is 20.8 Å². The summed E-state index contributed by atoms with van der Waals surface area (Å²) in [6.07, 6.45) is -4.66. The molecule has 0 saturated carbocycles. The number of aromatic nitrogens is 2. The normalized spacial score (nSPS) is 12.9. The Bertz CT molecular complexity index is 795. The molecule has 2 aromatic rings. The molecule has 0 amide bonds. The average molecular weight is 300 g/mol. The molecule has 0 aliphatic rings. The molecule has 0 aliphatic heterocycles. The standard InChI is InChI=1S/C14H15F3N2O2/c1-13(2,3)7-19-11(20)10-8(14(15,16)17)5-4-6-9(10)18-12(19)21/h4-6H,7H2,1-3H3,(H,18,21). The maximum atomic E-state index is 13.0. The van der Waals surface area contributed by atoms with Gasteiger partial charge in [-0.2, -0.15) is 13.2 Å². The number of aromatic amines is 1. The molecule has 1 heterocycles. The van der Waals surface area contributed by atoms with E-state index in [-0.39, 0.29) is 12.1 Å². The van der Waals surface area contributed by atoms with Gasteiger partial charge in [0.15, 0.2) is 0 Å². The van der Waals surface area contributed by atoms with Crippen molar-refractivity contribution in [3.63, 3.8) is 0 Å². The quantitative estimate of drug-likeness (QED) is 0.880. The van der Waals surface area contributed by atoms with Crippen LogP contribution in [0.1, 0.15) is 26.3 Å². The minimum atomic E-state index is -4.66. The number of alkyl halides is 3. The number of nitrogens with one attached hydrogen (secondary N) is 1. The van der Waals surface area contributed by atoms with E-state index in [9.17, 15) is 22.8 Å². The Labute approximate surface area is 118 Å². The van der Waals surface area contributed by atoms with Crippen LogP contribution in [0.2, 0.25) is 0 Å². The summed E-state index contributed by atoms with van der Waals surface area (Å²) >= 11 is 0. The summed E-state index contributed by atoms with van der Waals surface area (Å²) in [4.78, 5) is 26.6. The zero-order chi connectivity index (χ0) is 16.0. The van der Waals surface area contributed by atoms with Gasteiger partial charge < -0.3 is 4.98 Å². The number of hydrogen-bond donors (Lipinski definition) is 1. The molecule has 0 aliphatic carbocycles. The van der Waals surface area contributed by atoms with Crippen LogP contribution < -0.4 is 11.2 Å². The summed E-state index contributed by atoms with van der Waals surface area (Å²) in [6, 6.07) is 3.28. The van der Waals surface area contributed by atoms with Crippen molar-refractivity contribution < 1.29 is 13.2 Å². The van der Waals surface area contributed by atoms with Crippen LogP contribution in [0.3, 0.4) is 0 Å². The minimum absolute atomic E-state index is 0.0310. The third kappa shape index (κ3) is 3.01. The fraction of sp³-hybridized carbons (Fsp3) is 0.429. The van der Waals surface area contributed by atoms with Crippen molar-refractivity contribution in [3.05, 3.63) is 44.6 Å². The summed E-state index contributed by atoms with van der Waals surface area (Å²) in [5.74, 6) is 0. The Hall–Kier alpha value is -2.05. The van der Waals surface area contributed by atoms with Crippen LogP contribution >= 0.6 is 0 Å². The monoisotopic (exact) mass is 300 g/mol. The molecular formula is C14H15F3N2O2. The molecule has 1 aromatic heterocycles. The molecule has 4 nitrogen and oxygen atoms in total. The lowest BCUT2D eigenvalue weighted by molar-refractivity contribution is -0.136. The third-order valence-electron chi connectivity index (χ3n) is 2.95. The summed E-state index contributed by atoms with van der Waals surface area (Å²) in [5, 5.41) is -0.506. The van der Waals surface area contributed by atoms with E-state index < -0.39 is 33.8 Å². The number of fused-ring (bicyclic) bond motifs is 1. The van der Waals surface area contributed by atoms with Crippen molar-refractivity contribution in [2.75, 3.05) is 0 Å². The molecular weight excluding hydrogens is 285 g/mol. The van der Waals surface area contributed by atoms with Gasteiger partial charge in [-0.25, -0.2) is 4.79 Å². The van der Waals surface area contributed by atoms with Gasteiger partial charge in [-0.05, 0) is 17.5 Å². The minimum Gasteiger partial charge on any atom is -0.307 e. The maximum absolute atomic E-state index is 13.0. The summed E-state index contributed by atoms with van der Waals surface area (Å²) in [6.45, 7) is 5.40. The van der Waals surface area contributed by atoms with Gasteiger partial charge in [0, 0.05) is 6.54 Å². The molecule has 21 heavy (non-hydrogen) atoms. The van der Waals surface area contributed by atoms with Gasteiger partial charge in [0.2, 0.25) is 0 Å². The van der Waals surface area contributed by atoms with Crippen LogP contribution in [-0.4, -0.2) is 9.55 Å². The van der Waals surface area contributed by atoms with Gasteiger partial charge in [0.05, 0.1) is 16.5 Å². The smallest absolute Gasteiger partial charge is 0.307 e. The van der Waals surface area contributed by atoms with Crippen LogP contribution in [0.15, 0.2) is 27.8 Å². The lowest BCUT2D eigenvalue weighted by Crippen LogP contribution is -2.39. The van der Waals surface area contributed by atoms with Gasteiger partial charge in [-0.1, -0.05) is 26.8 Å². The predicted molar refractivity (Wildman–Crippen MR) is 73.3 cm³/mol. The molecule has 1 aromatic carbocycles. The molecule has 1 N–H and O–H groups in total. The number of hydrogen-bond acceptors (Lipinski definition) is 2. The van der Waals surface area contributed by atoms with E-state index in [2.05, 4.69) is 4.98 Å². The van der Waals surface area contributed by atoms with E-state index in [0.29, 0.717) is 0 Å². The van der Waals surface area contributed by atoms with Crippen LogP contribution in [0.4, 0.5) is 13.2 Å². The first-order chi connectivity index (χ1) is 9.50. The van der Waals surface area contributed by atoms with Gasteiger partial charge >= 0.3 is 11.9 Å². The van der Waals surface area contributed by atoms with Crippen molar-refractivity contribution in [1.82, 2.24) is 9.55 Å². The summed E-state index contributed by atoms with van der Waals surface area (Å²) < 4.78 is 39.9. The second kappa shape index (κ2) is 4.75. The van der Waals surface area contributed by atoms with E-state index in [0.717, 1.165) is 16.7 Å². The first-order valence-corrected chi connectivity index (χ1v) is 6.34. The lowest BCUT2D eigenvalue weighted by atomic mass is 9.97. The first kappa shape index (κ1) is 15.3. The van der Waals surface area contributed by atoms with Crippen molar-refractivity contribution in [3.8, 4) is 0 Å². The number of H-pyrrole nitrogens is 1. The number of rotatable bonds is 1. The molecule has 0 atom stereocenters. The highest BCUT2D eigenvalue weighted by Gasteiger charge is 2.34. The highest BCUT2D eigenvalue weighted by Crippen LogP contribution is 2.32. The molecule has 0 spiro atoms. The van der Waals surface area contributed by atoms with Crippen LogP contribution in [-0.2, 0) is 12.7 Å². The van der Waals surface area contributed by atoms with Gasteiger partial charge in [-0.3, -0.25) is 9.36 Å². The van der Waals surface area contributed by atoms with Crippen LogP contribution in [0.25, 0.3) is 10.9 Å². The topological polar surface area (TPSA) is 54.9 Å². The Balaban J connectivity index is 2.87. The summed E-state index contributed by atoms with van der Waals surface area (Å²) in [5.41, 5.74) is -3.19. The predicted octanol–water partition coefficient (Wildman–Crippen LogP) is 2.75. The average Bonchev–Trinajstić information content (AvgIpc) is 2.31. The molecule has 0 radical (unpaired) electrons. The Morgan fingerprint density at radius 1 is 1.14 bits per heavy atom. The Kier molecular flexibility index (Phi) is 3.47. The molecule has 0 unspecified atom stereocenters. The van der Waals surface area contributed by atoms with E-state index in [1.807, 2.05) is 0 Å². The number of benzene rings is 1. The van der Waals surface area contributed by atoms with Crippen LogP contribution in [0, 0.1) is 5.41 Å². The van der Waals surface area contributed by atoms with E-state index >= 15 is 0 Å². The highest BCUT2D eigenvalue weighted by molar-refractivity contribution is 5.81. The number of halogens is 3. The third-order valence-corrected chi connectivity index (χ3v) is 2.95. The zero-order valence-electron chi connectivity index (χ0n) is 11.8. The second-order valence-corrected chi connectivity index (χ2v) is 6.11. The fourth-order valence-electron chi connectivity index (χ4n) is 2.15. The maximum Gasteiger partial charge on any atom is 0.417 e. The molecule has 0 bridgehead atoms. The SMILES string of the molecule is CC(C)(C)Cn1c(=O)[nH]c2cccc(C(F)(F)F)c2c1=O. The van der Waals surface area contributed by atoms with Gasteiger partial charge in [0.25, 0.3) is 5.56 Å². The first-order valence-electron chi connectivity index (χ1n) is 6.34. The van der Waals surface area contributed by atoms with E-state index in [1.165, 1.54) is 6.07 Å². The Morgan fingerprint density at radius 2 is 1.76 bits per heavy atom. The van der Waals surface area contributed by atoms with Crippen molar-refractivity contribution in [2.24, 2.45) is 5.41 Å². The summed E-state index contributed by atoms with van der Waals surface area (Å²) in [7, 11) is 0. The molecule has 114 valence electrons.